The topological polar surface area (TPSA) is 54.0 Å². The van der Waals surface area contributed by atoms with Crippen LogP contribution in [0.2, 0.25) is 0 Å². The van der Waals surface area contributed by atoms with Gasteiger partial charge in [-0.2, -0.15) is 0 Å². The first-order chi connectivity index (χ1) is 19.1. The smallest absolute Gasteiger partial charge is 0.255 e. The summed E-state index contributed by atoms with van der Waals surface area (Å²) in [5.41, 5.74) is 5.79. The molecule has 40 heavy (non-hydrogen) atoms. The van der Waals surface area contributed by atoms with Gasteiger partial charge in [-0.15, -0.1) is 0 Å². The second-order valence-electron chi connectivity index (χ2n) is 11.2. The summed E-state index contributed by atoms with van der Waals surface area (Å²) in [5.74, 6) is 1.13. The zero-order chi connectivity index (χ0) is 29.5. The largest absolute Gasteiger partial charge is 0.489 e. The molecule has 1 N–H and O–H groups in total. The number of benzene rings is 1. The number of hydrogen-bond donors (Lipinski definition) is 1. The van der Waals surface area contributed by atoms with Crippen molar-refractivity contribution < 1.29 is 14.3 Å². The van der Waals surface area contributed by atoms with Gasteiger partial charge in [0.1, 0.15) is 24.7 Å². The van der Waals surface area contributed by atoms with Crippen molar-refractivity contribution in [3.63, 3.8) is 0 Å². The van der Waals surface area contributed by atoms with Gasteiger partial charge in [0.05, 0.1) is 11.6 Å². The summed E-state index contributed by atoms with van der Waals surface area (Å²) in [6.45, 7) is 21.4. The Balaban J connectivity index is 2.11. The number of amides is 1. The molecular weight excluding hydrogens is 498 g/mol. The van der Waals surface area contributed by atoms with Crippen molar-refractivity contribution in [1.82, 2.24) is 15.3 Å². The Morgan fingerprint density at radius 3 is 1.85 bits per heavy atom. The molecule has 1 aliphatic heterocycles. The third kappa shape index (κ3) is 12.1. The lowest BCUT2D eigenvalue weighted by molar-refractivity contribution is 0.0388. The van der Waals surface area contributed by atoms with Crippen molar-refractivity contribution in [2.75, 3.05) is 39.4 Å². The molecule has 1 aromatic carbocycles. The van der Waals surface area contributed by atoms with E-state index in [1.807, 2.05) is 18.2 Å². The summed E-state index contributed by atoms with van der Waals surface area (Å²) in [4.78, 5) is 13.4. The second kappa shape index (κ2) is 17.8. The molecule has 1 saturated heterocycles. The maximum Gasteiger partial charge on any atom is 0.255 e. The van der Waals surface area contributed by atoms with Gasteiger partial charge < -0.3 is 14.8 Å². The highest BCUT2D eigenvalue weighted by Crippen LogP contribution is 2.26. The standard InChI is InChI=1S/C34H53N3O3/c1-9-36-24-30(25-37(36)10-2)35-34(38)32-18-17-31(39-21-19-28(7)15-11-13-26(3)4)23-33(32)40-22-20-29(8)16-12-14-27(5)6/h13-14,17-20,23,30H,9-12,15-16,21-22,24-25H2,1-8H3,(H,35,38)/b28-19+,29-20+. The van der Waals surface area contributed by atoms with Gasteiger partial charge in [0.15, 0.2) is 0 Å². The molecule has 0 spiro atoms. The highest BCUT2D eigenvalue weighted by Gasteiger charge is 2.29. The fraction of sp³-hybridized carbons (Fsp3) is 0.559. The molecule has 222 valence electrons. The average Bonchev–Trinajstić information content (AvgIpc) is 3.30. The van der Waals surface area contributed by atoms with Gasteiger partial charge in [0.2, 0.25) is 0 Å². The minimum Gasteiger partial charge on any atom is -0.489 e. The molecule has 0 atom stereocenters. The number of hydrogen-bond acceptors (Lipinski definition) is 5. The van der Waals surface area contributed by atoms with E-state index in [-0.39, 0.29) is 11.9 Å². The predicted molar refractivity (Wildman–Crippen MR) is 168 cm³/mol. The Bertz CT molecular complexity index is 1050. The molecule has 1 heterocycles. The lowest BCUT2D eigenvalue weighted by atomic mass is 10.1. The van der Waals surface area contributed by atoms with Crippen LogP contribution in [0.4, 0.5) is 0 Å². The minimum atomic E-state index is -0.111. The molecule has 6 heteroatoms. The summed E-state index contributed by atoms with van der Waals surface area (Å²) >= 11 is 0. The van der Waals surface area contributed by atoms with Crippen molar-refractivity contribution in [2.24, 2.45) is 0 Å². The molecule has 0 aliphatic carbocycles. The lowest BCUT2D eigenvalue weighted by Crippen LogP contribution is -2.38. The van der Waals surface area contributed by atoms with Gasteiger partial charge in [-0.3, -0.25) is 4.79 Å². The van der Waals surface area contributed by atoms with E-state index >= 15 is 0 Å². The molecule has 1 aromatic rings. The van der Waals surface area contributed by atoms with E-state index in [4.69, 9.17) is 9.47 Å². The average molecular weight is 552 g/mol. The minimum absolute atomic E-state index is 0.0767. The number of likely N-dealkylation sites (N-methyl/N-ethyl adjacent to an activating group) is 2. The third-order valence-corrected chi connectivity index (χ3v) is 7.06. The van der Waals surface area contributed by atoms with E-state index in [1.54, 1.807) is 0 Å². The van der Waals surface area contributed by atoms with Gasteiger partial charge in [-0.1, -0.05) is 48.3 Å². The monoisotopic (exact) mass is 551 g/mol. The quantitative estimate of drug-likeness (QED) is 0.216. The molecule has 6 nitrogen and oxygen atoms in total. The molecule has 0 bridgehead atoms. The van der Waals surface area contributed by atoms with Gasteiger partial charge in [-0.25, -0.2) is 10.0 Å². The molecular formula is C34H53N3O3. The molecule has 0 aromatic heterocycles. The normalized spacial score (nSPS) is 15.2. The van der Waals surface area contributed by atoms with E-state index in [0.717, 1.165) is 51.9 Å². The first-order valence-electron chi connectivity index (χ1n) is 14.9. The summed E-state index contributed by atoms with van der Waals surface area (Å²) in [6.07, 6.45) is 12.8. The van der Waals surface area contributed by atoms with Crippen LogP contribution < -0.4 is 14.8 Å². The molecule has 0 saturated carbocycles. The Morgan fingerprint density at radius 1 is 0.825 bits per heavy atom. The summed E-state index contributed by atoms with van der Waals surface area (Å²) in [6, 6.07) is 5.60. The van der Waals surface area contributed by atoms with Crippen LogP contribution in [0, 0.1) is 0 Å². The van der Waals surface area contributed by atoms with Crippen LogP contribution in [-0.2, 0) is 0 Å². The first-order valence-corrected chi connectivity index (χ1v) is 14.9. The number of carbonyl (C=O) groups excluding carboxylic acids is 1. The SMILES string of the molecule is CCN1CC(NC(=O)c2ccc(OC/C=C(\C)CCC=C(C)C)cc2OC/C=C(\C)CCC=C(C)C)CN1CC. The van der Waals surface area contributed by atoms with Crippen LogP contribution in [0.25, 0.3) is 0 Å². The van der Waals surface area contributed by atoms with Gasteiger partial charge in [0, 0.05) is 32.2 Å². The van der Waals surface area contributed by atoms with Gasteiger partial charge in [-0.05, 0) is 91.5 Å². The summed E-state index contributed by atoms with van der Waals surface area (Å²) in [5, 5.41) is 7.81. The van der Waals surface area contributed by atoms with Gasteiger partial charge in [0.25, 0.3) is 5.91 Å². The van der Waals surface area contributed by atoms with E-state index in [1.165, 1.54) is 22.3 Å². The van der Waals surface area contributed by atoms with Crippen LogP contribution in [0.15, 0.2) is 64.8 Å². The van der Waals surface area contributed by atoms with Crippen LogP contribution in [0.1, 0.15) is 91.4 Å². The zero-order valence-corrected chi connectivity index (χ0v) is 26.3. The molecule has 1 amide bonds. The fourth-order valence-corrected chi connectivity index (χ4v) is 4.64. The Hall–Kier alpha value is -2.83. The third-order valence-electron chi connectivity index (χ3n) is 7.06. The highest BCUT2D eigenvalue weighted by molar-refractivity contribution is 5.97. The van der Waals surface area contributed by atoms with Crippen molar-refractivity contribution in [3.8, 4) is 11.5 Å². The number of nitrogens with zero attached hydrogens (tertiary/aromatic N) is 2. The highest BCUT2D eigenvalue weighted by atomic mass is 16.5. The van der Waals surface area contributed by atoms with Crippen LogP contribution in [-0.4, -0.2) is 61.4 Å². The number of ether oxygens (including phenoxy) is 2. The Morgan fingerprint density at radius 2 is 1.35 bits per heavy atom. The molecule has 1 fully saturated rings. The van der Waals surface area contributed by atoms with E-state index in [2.05, 4.69) is 95.0 Å². The van der Waals surface area contributed by atoms with E-state index < -0.39 is 0 Å². The predicted octanol–water partition coefficient (Wildman–Crippen LogP) is 7.50. The molecule has 1 aliphatic rings. The van der Waals surface area contributed by atoms with E-state index in [0.29, 0.717) is 30.3 Å². The zero-order valence-electron chi connectivity index (χ0n) is 26.3. The molecule has 0 radical (unpaired) electrons. The maximum atomic E-state index is 13.4. The molecule has 0 unspecified atom stereocenters. The van der Waals surface area contributed by atoms with Crippen LogP contribution in [0.5, 0.6) is 11.5 Å². The van der Waals surface area contributed by atoms with Crippen LogP contribution >= 0.6 is 0 Å². The molecule has 2 rings (SSSR count). The number of hydrazine groups is 1. The van der Waals surface area contributed by atoms with Crippen LogP contribution in [0.3, 0.4) is 0 Å². The second-order valence-corrected chi connectivity index (χ2v) is 11.2. The van der Waals surface area contributed by atoms with Crippen molar-refractivity contribution in [2.45, 2.75) is 87.1 Å². The van der Waals surface area contributed by atoms with E-state index in [9.17, 15) is 4.79 Å². The Kier molecular flexibility index (Phi) is 14.8. The summed E-state index contributed by atoms with van der Waals surface area (Å²) < 4.78 is 12.2. The van der Waals surface area contributed by atoms with Crippen molar-refractivity contribution in [3.05, 3.63) is 70.4 Å². The maximum absolute atomic E-state index is 13.4. The number of allylic oxidation sites excluding steroid dienone is 6. The first kappa shape index (κ1) is 33.4. The van der Waals surface area contributed by atoms with Gasteiger partial charge >= 0.3 is 0 Å². The van der Waals surface area contributed by atoms with Crippen molar-refractivity contribution in [1.29, 1.82) is 0 Å². The van der Waals surface area contributed by atoms with Crippen molar-refractivity contribution >= 4 is 5.91 Å². The fourth-order valence-electron chi connectivity index (χ4n) is 4.64. The number of rotatable bonds is 16. The Labute approximate surface area is 243 Å². The summed E-state index contributed by atoms with van der Waals surface area (Å²) in [7, 11) is 0. The number of carbonyl (C=O) groups is 1. The number of nitrogens with one attached hydrogen (secondary N) is 1. The lowest BCUT2D eigenvalue weighted by Gasteiger charge is -2.24.